The molecule has 3 fully saturated rings. The minimum atomic E-state index is 0.628. The summed E-state index contributed by atoms with van der Waals surface area (Å²) >= 11 is 0. The largest absolute Gasteiger partial charge is 0.373 e. The van der Waals surface area contributed by atoms with Gasteiger partial charge in [0.05, 0.1) is 24.9 Å². The summed E-state index contributed by atoms with van der Waals surface area (Å²) < 4.78 is 10.7. The molecule has 12 heavy (non-hydrogen) atoms. The molecule has 2 saturated heterocycles. The van der Waals surface area contributed by atoms with Crippen molar-refractivity contribution in [2.24, 2.45) is 5.92 Å². The molecule has 0 aromatic carbocycles. The van der Waals surface area contributed by atoms with Crippen LogP contribution in [0.1, 0.15) is 32.1 Å². The Morgan fingerprint density at radius 1 is 1.08 bits per heavy atom. The Morgan fingerprint density at radius 2 is 2.00 bits per heavy atom. The van der Waals surface area contributed by atoms with E-state index in [1.807, 2.05) is 0 Å². The molecule has 1 saturated carbocycles. The Kier molecular flexibility index (Phi) is 1.66. The molecule has 2 aliphatic heterocycles. The van der Waals surface area contributed by atoms with Crippen molar-refractivity contribution in [1.82, 2.24) is 0 Å². The molecule has 0 aromatic heterocycles. The average Bonchev–Trinajstić information content (AvgIpc) is 2.96. The number of ether oxygens (including phenoxy) is 2. The summed E-state index contributed by atoms with van der Waals surface area (Å²) in [7, 11) is 0. The van der Waals surface area contributed by atoms with Gasteiger partial charge in [-0.25, -0.2) is 0 Å². The van der Waals surface area contributed by atoms with Gasteiger partial charge in [0.1, 0.15) is 0 Å². The van der Waals surface area contributed by atoms with Crippen molar-refractivity contribution in [3.63, 3.8) is 0 Å². The van der Waals surface area contributed by atoms with Crippen LogP contribution in [0.25, 0.3) is 0 Å². The number of hydrogen-bond acceptors (Lipinski definition) is 2. The van der Waals surface area contributed by atoms with Gasteiger partial charge in [-0.05, 0) is 38.0 Å². The van der Waals surface area contributed by atoms with Gasteiger partial charge >= 0.3 is 0 Å². The van der Waals surface area contributed by atoms with Crippen LogP contribution >= 0.6 is 0 Å². The van der Waals surface area contributed by atoms with E-state index >= 15 is 0 Å². The van der Waals surface area contributed by atoms with E-state index in [1.165, 1.54) is 32.1 Å². The van der Waals surface area contributed by atoms with Gasteiger partial charge in [-0.15, -0.1) is 0 Å². The topological polar surface area (TPSA) is 25.1 Å². The minimum Gasteiger partial charge on any atom is -0.373 e. The summed E-state index contributed by atoms with van der Waals surface area (Å²) in [4.78, 5) is 0. The molecule has 2 heteroatoms. The molecular formula is C10H16O2. The molecule has 2 nitrogen and oxygen atoms in total. The number of rotatable bonds is 3. The first-order valence-electron chi connectivity index (χ1n) is 5.19. The Hall–Kier alpha value is -0.0800. The van der Waals surface area contributed by atoms with Crippen molar-refractivity contribution >= 4 is 0 Å². The zero-order chi connectivity index (χ0) is 7.97. The third kappa shape index (κ3) is 1.50. The van der Waals surface area contributed by atoms with Crippen molar-refractivity contribution in [2.45, 2.75) is 50.4 Å². The molecule has 0 N–H and O–H groups in total. The Bertz CT molecular complexity index is 177. The second-order valence-corrected chi connectivity index (χ2v) is 4.42. The first-order valence-corrected chi connectivity index (χ1v) is 5.19. The lowest BCUT2D eigenvalue weighted by atomic mass is 9.86. The molecule has 0 radical (unpaired) electrons. The van der Waals surface area contributed by atoms with Crippen LogP contribution in [0.5, 0.6) is 0 Å². The molecule has 2 heterocycles. The maximum Gasteiger partial charge on any atom is 0.0844 e. The monoisotopic (exact) mass is 168 g/mol. The quantitative estimate of drug-likeness (QED) is 0.600. The third-order valence-corrected chi connectivity index (χ3v) is 3.41. The lowest BCUT2D eigenvalue weighted by molar-refractivity contribution is 0.322. The number of epoxide rings is 2. The third-order valence-electron chi connectivity index (χ3n) is 3.41. The van der Waals surface area contributed by atoms with E-state index < -0.39 is 0 Å². The molecule has 0 bridgehead atoms. The van der Waals surface area contributed by atoms with E-state index in [0.29, 0.717) is 18.3 Å². The predicted octanol–water partition coefficient (Wildman–Crippen LogP) is 1.73. The molecule has 68 valence electrons. The Balaban J connectivity index is 1.42. The molecule has 4 atom stereocenters. The summed E-state index contributed by atoms with van der Waals surface area (Å²) in [6.45, 7) is 1.02. The number of fused-ring (bicyclic) bond motifs is 1. The molecule has 0 aromatic rings. The molecular weight excluding hydrogens is 152 g/mol. The smallest absolute Gasteiger partial charge is 0.0844 e. The van der Waals surface area contributed by atoms with Gasteiger partial charge in [0, 0.05) is 0 Å². The summed E-state index contributed by atoms with van der Waals surface area (Å²) in [6, 6.07) is 0. The number of hydrogen-bond donors (Lipinski definition) is 0. The molecule has 4 unspecified atom stereocenters. The SMILES string of the molecule is C(CC1CO1)C1CCC2OC2C1. The fraction of sp³-hybridized carbons (Fsp3) is 1.00. The molecule has 0 spiro atoms. The molecule has 0 amide bonds. The van der Waals surface area contributed by atoms with Gasteiger partial charge in [0.25, 0.3) is 0 Å². The van der Waals surface area contributed by atoms with Crippen molar-refractivity contribution in [3.05, 3.63) is 0 Å². The van der Waals surface area contributed by atoms with Gasteiger partial charge in [0.2, 0.25) is 0 Å². The van der Waals surface area contributed by atoms with Gasteiger partial charge in [-0.2, -0.15) is 0 Å². The van der Waals surface area contributed by atoms with Crippen molar-refractivity contribution in [3.8, 4) is 0 Å². The van der Waals surface area contributed by atoms with Crippen LogP contribution in [0, 0.1) is 5.92 Å². The van der Waals surface area contributed by atoms with Crippen LogP contribution in [-0.2, 0) is 9.47 Å². The van der Waals surface area contributed by atoms with Crippen molar-refractivity contribution in [2.75, 3.05) is 6.61 Å². The maximum atomic E-state index is 5.50. The molecule has 3 rings (SSSR count). The van der Waals surface area contributed by atoms with Crippen LogP contribution in [0.3, 0.4) is 0 Å². The fourth-order valence-electron chi connectivity index (χ4n) is 2.41. The van der Waals surface area contributed by atoms with Crippen molar-refractivity contribution in [1.29, 1.82) is 0 Å². The van der Waals surface area contributed by atoms with E-state index in [0.717, 1.165) is 12.5 Å². The highest BCUT2D eigenvalue weighted by Crippen LogP contribution is 2.41. The first kappa shape index (κ1) is 7.34. The zero-order valence-electron chi connectivity index (χ0n) is 7.37. The first-order chi connectivity index (χ1) is 5.92. The van der Waals surface area contributed by atoms with Crippen LogP contribution in [0.4, 0.5) is 0 Å². The minimum absolute atomic E-state index is 0.628. The summed E-state index contributed by atoms with van der Waals surface area (Å²) in [5.74, 6) is 0.943. The molecule has 1 aliphatic carbocycles. The Labute approximate surface area is 73.2 Å². The van der Waals surface area contributed by atoms with Gasteiger partial charge in [-0.3, -0.25) is 0 Å². The van der Waals surface area contributed by atoms with E-state index in [-0.39, 0.29) is 0 Å². The standard InChI is InChI=1S/C10H16O2/c1(3-8-6-11-8)7-2-4-9-10(5-7)12-9/h7-10H,1-6H2. The summed E-state index contributed by atoms with van der Waals surface area (Å²) in [5.41, 5.74) is 0. The van der Waals surface area contributed by atoms with E-state index in [9.17, 15) is 0 Å². The van der Waals surface area contributed by atoms with E-state index in [2.05, 4.69) is 0 Å². The second kappa shape index (κ2) is 2.71. The van der Waals surface area contributed by atoms with E-state index in [4.69, 9.17) is 9.47 Å². The van der Waals surface area contributed by atoms with Crippen LogP contribution in [-0.4, -0.2) is 24.9 Å². The highest BCUT2D eigenvalue weighted by atomic mass is 16.6. The second-order valence-electron chi connectivity index (χ2n) is 4.42. The van der Waals surface area contributed by atoms with Gasteiger partial charge in [-0.1, -0.05) is 0 Å². The Morgan fingerprint density at radius 3 is 2.75 bits per heavy atom. The predicted molar refractivity (Wildman–Crippen MR) is 45.0 cm³/mol. The lowest BCUT2D eigenvalue weighted by Crippen LogP contribution is -2.13. The van der Waals surface area contributed by atoms with Crippen molar-refractivity contribution < 1.29 is 9.47 Å². The van der Waals surface area contributed by atoms with Gasteiger partial charge in [0.15, 0.2) is 0 Å². The fourth-order valence-corrected chi connectivity index (χ4v) is 2.41. The normalized spacial score (nSPS) is 50.0. The highest BCUT2D eigenvalue weighted by Gasteiger charge is 2.43. The van der Waals surface area contributed by atoms with Gasteiger partial charge < -0.3 is 9.47 Å². The molecule has 3 aliphatic rings. The summed E-state index contributed by atoms with van der Waals surface area (Å²) in [6.07, 6.45) is 8.66. The summed E-state index contributed by atoms with van der Waals surface area (Å²) in [5, 5.41) is 0. The average molecular weight is 168 g/mol. The van der Waals surface area contributed by atoms with E-state index in [1.54, 1.807) is 0 Å². The highest BCUT2D eigenvalue weighted by molar-refractivity contribution is 4.92. The van der Waals surface area contributed by atoms with Crippen LogP contribution in [0.2, 0.25) is 0 Å². The van der Waals surface area contributed by atoms with Crippen LogP contribution < -0.4 is 0 Å². The maximum absolute atomic E-state index is 5.50. The lowest BCUT2D eigenvalue weighted by Gasteiger charge is -2.17. The van der Waals surface area contributed by atoms with Crippen LogP contribution in [0.15, 0.2) is 0 Å². The zero-order valence-corrected chi connectivity index (χ0v) is 7.37.